The van der Waals surface area contributed by atoms with E-state index in [4.69, 9.17) is 16.7 Å². The van der Waals surface area contributed by atoms with Crippen LogP contribution in [0, 0.1) is 0 Å². The Morgan fingerprint density at radius 2 is 1.81 bits per heavy atom. The highest BCUT2D eigenvalue weighted by molar-refractivity contribution is 6.30. The van der Waals surface area contributed by atoms with E-state index in [1.165, 1.54) is 4.90 Å². The highest BCUT2D eigenvalue weighted by atomic mass is 35.5. The molecule has 0 unspecified atom stereocenters. The second-order valence-corrected chi connectivity index (χ2v) is 4.57. The van der Waals surface area contributed by atoms with Crippen molar-refractivity contribution in [2.45, 2.75) is 6.92 Å². The Morgan fingerprint density at radius 3 is 2.33 bits per heavy atom. The average Bonchev–Trinajstić information content (AvgIpc) is 2.38. The minimum absolute atomic E-state index is 0.259. The second-order valence-electron chi connectivity index (χ2n) is 4.13. The van der Waals surface area contributed by atoms with Crippen molar-refractivity contribution in [3.8, 4) is 0 Å². The van der Waals surface area contributed by atoms with E-state index < -0.39 is 17.9 Å². The Kier molecular flexibility index (Phi) is 6.48. The number of carbonyl (C=O) groups excluding carboxylic acids is 2. The summed E-state index contributed by atoms with van der Waals surface area (Å²) in [5, 5.41) is 13.9. The lowest BCUT2D eigenvalue weighted by atomic mass is 10.2. The highest BCUT2D eigenvalue weighted by Crippen LogP contribution is 2.17. The van der Waals surface area contributed by atoms with Crippen molar-refractivity contribution in [3.63, 3.8) is 0 Å². The molecule has 0 atom stereocenters. The standard InChI is InChI=1S/C13H16ClN3O4/c1-2-15-13(21)16-11(18)7-17(8-12(19)20)10-5-3-9(14)4-6-10/h3-6H,2,7-8H2,1H3,(H,19,20)(H2,15,16,18,21). The summed E-state index contributed by atoms with van der Waals surface area (Å²) in [5.74, 6) is -1.69. The number of hydrogen-bond donors (Lipinski definition) is 3. The van der Waals surface area contributed by atoms with Gasteiger partial charge in [-0.1, -0.05) is 11.6 Å². The minimum atomic E-state index is -1.09. The van der Waals surface area contributed by atoms with Gasteiger partial charge in [0.15, 0.2) is 0 Å². The molecule has 0 saturated carbocycles. The van der Waals surface area contributed by atoms with Crippen LogP contribution in [0.2, 0.25) is 5.02 Å². The maximum atomic E-state index is 11.7. The Hall–Kier alpha value is -2.28. The average molecular weight is 314 g/mol. The van der Waals surface area contributed by atoms with Gasteiger partial charge in [-0.2, -0.15) is 0 Å². The van der Waals surface area contributed by atoms with Gasteiger partial charge in [-0.25, -0.2) is 4.79 Å². The summed E-state index contributed by atoms with van der Waals surface area (Å²) in [6, 6.07) is 5.77. The van der Waals surface area contributed by atoms with E-state index in [1.54, 1.807) is 31.2 Å². The van der Waals surface area contributed by atoms with Crippen LogP contribution in [-0.2, 0) is 9.59 Å². The van der Waals surface area contributed by atoms with Gasteiger partial charge in [0.05, 0.1) is 6.54 Å². The molecule has 0 heterocycles. The van der Waals surface area contributed by atoms with Gasteiger partial charge < -0.3 is 15.3 Å². The summed E-state index contributed by atoms with van der Waals surface area (Å²) >= 11 is 5.76. The highest BCUT2D eigenvalue weighted by Gasteiger charge is 2.16. The SMILES string of the molecule is CCNC(=O)NC(=O)CN(CC(=O)O)c1ccc(Cl)cc1. The van der Waals surface area contributed by atoms with Gasteiger partial charge >= 0.3 is 12.0 Å². The van der Waals surface area contributed by atoms with Crippen molar-refractivity contribution >= 4 is 35.2 Å². The predicted octanol–water partition coefficient (Wildman–Crippen LogP) is 1.08. The Bertz CT molecular complexity index is 519. The van der Waals surface area contributed by atoms with Crippen LogP contribution in [0.4, 0.5) is 10.5 Å². The van der Waals surface area contributed by atoms with E-state index in [1.807, 2.05) is 0 Å². The summed E-state index contributed by atoms with van der Waals surface area (Å²) in [6.07, 6.45) is 0. The number of rotatable bonds is 6. The number of carbonyl (C=O) groups is 3. The lowest BCUT2D eigenvalue weighted by Gasteiger charge is -2.22. The number of urea groups is 1. The fourth-order valence-electron chi connectivity index (χ4n) is 1.60. The largest absolute Gasteiger partial charge is 0.480 e. The number of nitrogens with zero attached hydrogens (tertiary/aromatic N) is 1. The van der Waals surface area contributed by atoms with Gasteiger partial charge in [0.2, 0.25) is 5.91 Å². The van der Waals surface area contributed by atoms with Crippen LogP contribution in [0.1, 0.15) is 6.92 Å². The number of amides is 3. The van der Waals surface area contributed by atoms with Crippen LogP contribution < -0.4 is 15.5 Å². The molecule has 1 rings (SSSR count). The van der Waals surface area contributed by atoms with Gasteiger partial charge in [0.1, 0.15) is 6.54 Å². The van der Waals surface area contributed by atoms with Crippen molar-refractivity contribution in [3.05, 3.63) is 29.3 Å². The van der Waals surface area contributed by atoms with E-state index in [0.29, 0.717) is 17.3 Å². The quantitative estimate of drug-likeness (QED) is 0.730. The third kappa shape index (κ3) is 6.13. The van der Waals surface area contributed by atoms with Gasteiger partial charge in [0.25, 0.3) is 0 Å². The van der Waals surface area contributed by atoms with E-state index >= 15 is 0 Å². The summed E-state index contributed by atoms with van der Waals surface area (Å²) in [5.41, 5.74) is 0.521. The van der Waals surface area contributed by atoms with Gasteiger partial charge in [-0.3, -0.25) is 14.9 Å². The lowest BCUT2D eigenvalue weighted by Crippen LogP contribution is -2.45. The molecule has 21 heavy (non-hydrogen) atoms. The van der Waals surface area contributed by atoms with E-state index in [0.717, 1.165) is 0 Å². The molecule has 3 N–H and O–H groups in total. The normalized spacial score (nSPS) is 9.81. The van der Waals surface area contributed by atoms with Crippen LogP contribution in [0.5, 0.6) is 0 Å². The molecule has 114 valence electrons. The first-order valence-electron chi connectivity index (χ1n) is 6.22. The summed E-state index contributed by atoms with van der Waals surface area (Å²) in [6.45, 7) is 1.47. The summed E-state index contributed by atoms with van der Waals surface area (Å²) in [4.78, 5) is 35.2. The lowest BCUT2D eigenvalue weighted by molar-refractivity contribution is -0.135. The molecule has 3 amide bonds. The van der Waals surface area contributed by atoms with Crippen LogP contribution >= 0.6 is 11.6 Å². The number of aliphatic carboxylic acids is 1. The maximum absolute atomic E-state index is 11.7. The smallest absolute Gasteiger partial charge is 0.323 e. The Balaban J connectivity index is 2.74. The van der Waals surface area contributed by atoms with Crippen molar-refractivity contribution in [2.75, 3.05) is 24.5 Å². The molecule has 0 aliphatic heterocycles. The molecule has 0 aliphatic carbocycles. The monoisotopic (exact) mass is 313 g/mol. The third-order valence-corrected chi connectivity index (χ3v) is 2.69. The third-order valence-electron chi connectivity index (χ3n) is 2.44. The molecule has 0 saturated heterocycles. The topological polar surface area (TPSA) is 98.7 Å². The van der Waals surface area contributed by atoms with Crippen molar-refractivity contribution in [1.82, 2.24) is 10.6 Å². The fourth-order valence-corrected chi connectivity index (χ4v) is 1.72. The van der Waals surface area contributed by atoms with Gasteiger partial charge in [0, 0.05) is 17.3 Å². The number of hydrogen-bond acceptors (Lipinski definition) is 4. The molecule has 1 aromatic carbocycles. The second kappa shape index (κ2) is 8.11. The molecule has 0 fully saturated rings. The molecule has 8 heteroatoms. The number of imide groups is 1. The van der Waals surface area contributed by atoms with Crippen molar-refractivity contribution < 1.29 is 19.5 Å². The van der Waals surface area contributed by atoms with Gasteiger partial charge in [-0.05, 0) is 31.2 Å². The van der Waals surface area contributed by atoms with E-state index in [9.17, 15) is 14.4 Å². The van der Waals surface area contributed by atoms with Crippen LogP contribution in [0.25, 0.3) is 0 Å². The zero-order valence-corrected chi connectivity index (χ0v) is 12.2. The van der Waals surface area contributed by atoms with Crippen LogP contribution in [0.15, 0.2) is 24.3 Å². The molecule has 0 aliphatic rings. The minimum Gasteiger partial charge on any atom is -0.480 e. The van der Waals surface area contributed by atoms with Gasteiger partial charge in [-0.15, -0.1) is 0 Å². The number of carboxylic acid groups (broad SMARTS) is 1. The number of halogens is 1. The van der Waals surface area contributed by atoms with Crippen molar-refractivity contribution in [1.29, 1.82) is 0 Å². The number of benzene rings is 1. The zero-order valence-electron chi connectivity index (χ0n) is 11.4. The Morgan fingerprint density at radius 1 is 1.19 bits per heavy atom. The summed E-state index contributed by atoms with van der Waals surface area (Å²) < 4.78 is 0. The molecule has 0 radical (unpaired) electrons. The number of nitrogens with one attached hydrogen (secondary N) is 2. The first kappa shape index (κ1) is 16.8. The molecular weight excluding hydrogens is 298 g/mol. The molecule has 7 nitrogen and oxygen atoms in total. The maximum Gasteiger partial charge on any atom is 0.323 e. The molecule has 0 aromatic heterocycles. The molecule has 1 aromatic rings. The summed E-state index contributed by atoms with van der Waals surface area (Å²) in [7, 11) is 0. The molecular formula is C13H16ClN3O4. The first-order chi connectivity index (χ1) is 9.92. The Labute approximate surface area is 126 Å². The first-order valence-corrected chi connectivity index (χ1v) is 6.60. The number of carboxylic acids is 1. The predicted molar refractivity (Wildman–Crippen MR) is 78.5 cm³/mol. The van der Waals surface area contributed by atoms with Crippen LogP contribution in [0.3, 0.4) is 0 Å². The molecule has 0 bridgehead atoms. The van der Waals surface area contributed by atoms with E-state index in [-0.39, 0.29) is 13.1 Å². The van der Waals surface area contributed by atoms with E-state index in [2.05, 4.69) is 10.6 Å². The fraction of sp³-hybridized carbons (Fsp3) is 0.308. The van der Waals surface area contributed by atoms with Crippen molar-refractivity contribution in [2.24, 2.45) is 0 Å². The zero-order chi connectivity index (χ0) is 15.8. The van der Waals surface area contributed by atoms with Crippen LogP contribution in [-0.4, -0.2) is 42.6 Å². The molecule has 0 spiro atoms. The number of anilines is 1.